The molecule has 0 aromatic heterocycles. The second-order valence-corrected chi connectivity index (χ2v) is 8.78. The molecule has 1 saturated heterocycles. The van der Waals surface area contributed by atoms with Crippen LogP contribution in [0.1, 0.15) is 43.5 Å². The van der Waals surface area contributed by atoms with E-state index in [0.717, 1.165) is 19.3 Å². The maximum absolute atomic E-state index is 13.2. The summed E-state index contributed by atoms with van der Waals surface area (Å²) >= 11 is 0. The van der Waals surface area contributed by atoms with E-state index < -0.39 is 5.60 Å². The van der Waals surface area contributed by atoms with Crippen LogP contribution in [0.5, 0.6) is 11.5 Å². The number of benzene rings is 2. The molecule has 174 valence electrons. The van der Waals surface area contributed by atoms with Crippen LogP contribution in [-0.4, -0.2) is 55.0 Å². The number of para-hydroxylation sites is 2. The van der Waals surface area contributed by atoms with E-state index in [1.54, 1.807) is 55.1 Å². The van der Waals surface area contributed by atoms with Gasteiger partial charge in [0.05, 0.1) is 18.5 Å². The summed E-state index contributed by atoms with van der Waals surface area (Å²) in [5, 5.41) is 2.84. The van der Waals surface area contributed by atoms with Crippen LogP contribution < -0.4 is 19.7 Å². The standard InChI is InChI=1S/C25H29N3O5/c1-25(2)24(31)28(16-22(29)27-13-7-4-8-14-27)19-15-17(11-12-21(19)33-25)23(30)26-18-9-5-6-10-20(18)32-3/h5-6,9-12,15H,4,7-8,13-14,16H2,1-3H3,(H,26,30). The van der Waals surface area contributed by atoms with Gasteiger partial charge in [0.1, 0.15) is 18.0 Å². The van der Waals surface area contributed by atoms with Gasteiger partial charge in [0, 0.05) is 18.7 Å². The molecule has 2 aromatic carbocycles. The van der Waals surface area contributed by atoms with Gasteiger partial charge in [-0.1, -0.05) is 12.1 Å². The second kappa shape index (κ2) is 9.13. The minimum absolute atomic E-state index is 0.0871. The molecule has 4 rings (SSSR count). The van der Waals surface area contributed by atoms with E-state index in [2.05, 4.69) is 5.32 Å². The number of methoxy groups -OCH3 is 1. The molecule has 0 atom stereocenters. The molecule has 8 heteroatoms. The predicted octanol–water partition coefficient (Wildman–Crippen LogP) is 3.46. The number of hydrogen-bond acceptors (Lipinski definition) is 5. The molecule has 1 fully saturated rings. The molecule has 0 unspecified atom stereocenters. The first-order valence-electron chi connectivity index (χ1n) is 11.2. The first kappa shape index (κ1) is 22.6. The summed E-state index contributed by atoms with van der Waals surface area (Å²) in [6, 6.07) is 12.0. The number of fused-ring (bicyclic) bond motifs is 1. The number of rotatable bonds is 5. The number of nitrogens with one attached hydrogen (secondary N) is 1. The zero-order valence-corrected chi connectivity index (χ0v) is 19.2. The van der Waals surface area contributed by atoms with E-state index in [9.17, 15) is 14.4 Å². The van der Waals surface area contributed by atoms with Crippen LogP contribution in [0.4, 0.5) is 11.4 Å². The van der Waals surface area contributed by atoms with Gasteiger partial charge < -0.3 is 19.7 Å². The van der Waals surface area contributed by atoms with Crippen LogP contribution in [0, 0.1) is 0 Å². The Kier molecular flexibility index (Phi) is 6.26. The fourth-order valence-electron chi connectivity index (χ4n) is 4.19. The molecule has 0 spiro atoms. The summed E-state index contributed by atoms with van der Waals surface area (Å²) in [5.41, 5.74) is 0.174. The van der Waals surface area contributed by atoms with Gasteiger partial charge in [0.2, 0.25) is 5.91 Å². The van der Waals surface area contributed by atoms with Crippen LogP contribution in [-0.2, 0) is 9.59 Å². The molecule has 33 heavy (non-hydrogen) atoms. The van der Waals surface area contributed by atoms with Gasteiger partial charge in [-0.3, -0.25) is 19.3 Å². The van der Waals surface area contributed by atoms with E-state index in [1.165, 1.54) is 12.0 Å². The SMILES string of the molecule is COc1ccccc1NC(=O)c1ccc2c(c1)N(CC(=O)N1CCCCC1)C(=O)C(C)(C)O2. The number of likely N-dealkylation sites (tertiary alicyclic amines) is 1. The predicted molar refractivity (Wildman–Crippen MR) is 125 cm³/mol. The van der Waals surface area contributed by atoms with Crippen molar-refractivity contribution >= 4 is 29.1 Å². The molecule has 2 heterocycles. The van der Waals surface area contributed by atoms with E-state index in [0.29, 0.717) is 41.5 Å². The second-order valence-electron chi connectivity index (χ2n) is 8.78. The van der Waals surface area contributed by atoms with Crippen molar-refractivity contribution in [3.05, 3.63) is 48.0 Å². The molecular formula is C25H29N3O5. The van der Waals surface area contributed by atoms with Gasteiger partial charge in [0.15, 0.2) is 5.60 Å². The van der Waals surface area contributed by atoms with Gasteiger partial charge in [0.25, 0.3) is 11.8 Å². The largest absolute Gasteiger partial charge is 0.495 e. The Bertz CT molecular complexity index is 1080. The molecule has 0 bridgehead atoms. The first-order valence-corrected chi connectivity index (χ1v) is 11.2. The lowest BCUT2D eigenvalue weighted by atomic mass is 10.0. The molecule has 0 saturated carbocycles. The van der Waals surface area contributed by atoms with Crippen molar-refractivity contribution in [1.82, 2.24) is 4.90 Å². The van der Waals surface area contributed by atoms with Crippen molar-refractivity contribution in [2.24, 2.45) is 0 Å². The van der Waals surface area contributed by atoms with E-state index in [1.807, 2.05) is 6.07 Å². The average Bonchev–Trinajstić information content (AvgIpc) is 2.82. The topological polar surface area (TPSA) is 88.2 Å². The summed E-state index contributed by atoms with van der Waals surface area (Å²) < 4.78 is 11.2. The Morgan fingerprint density at radius 2 is 1.82 bits per heavy atom. The van der Waals surface area contributed by atoms with Gasteiger partial charge in [-0.2, -0.15) is 0 Å². The molecule has 2 aliphatic rings. The van der Waals surface area contributed by atoms with Crippen molar-refractivity contribution in [2.45, 2.75) is 38.7 Å². The van der Waals surface area contributed by atoms with Crippen LogP contribution in [0.2, 0.25) is 0 Å². The number of amides is 3. The number of hydrogen-bond donors (Lipinski definition) is 1. The summed E-state index contributed by atoms with van der Waals surface area (Å²) in [6.45, 7) is 4.68. The molecule has 2 aromatic rings. The summed E-state index contributed by atoms with van der Waals surface area (Å²) in [6.07, 6.45) is 3.05. The number of carbonyl (C=O) groups is 3. The molecule has 3 amide bonds. The van der Waals surface area contributed by atoms with Crippen LogP contribution in [0.25, 0.3) is 0 Å². The fraction of sp³-hybridized carbons (Fsp3) is 0.400. The molecule has 0 aliphatic carbocycles. The number of nitrogens with zero attached hydrogens (tertiary/aromatic N) is 2. The van der Waals surface area contributed by atoms with Crippen molar-refractivity contribution < 1.29 is 23.9 Å². The highest BCUT2D eigenvalue weighted by Crippen LogP contribution is 2.38. The highest BCUT2D eigenvalue weighted by atomic mass is 16.5. The number of anilines is 2. The maximum Gasteiger partial charge on any atom is 0.271 e. The number of carbonyl (C=O) groups excluding carboxylic acids is 3. The van der Waals surface area contributed by atoms with Gasteiger partial charge in [-0.25, -0.2) is 0 Å². The molecular weight excluding hydrogens is 422 g/mol. The summed E-state index contributed by atoms with van der Waals surface area (Å²) in [4.78, 5) is 42.4. The van der Waals surface area contributed by atoms with Crippen LogP contribution in [0.15, 0.2) is 42.5 Å². The third-order valence-electron chi connectivity index (χ3n) is 5.99. The smallest absolute Gasteiger partial charge is 0.271 e. The van der Waals surface area contributed by atoms with Gasteiger partial charge in [-0.05, 0) is 63.4 Å². The maximum atomic E-state index is 13.2. The Morgan fingerprint density at radius 3 is 2.55 bits per heavy atom. The average molecular weight is 452 g/mol. The highest BCUT2D eigenvalue weighted by Gasteiger charge is 2.42. The van der Waals surface area contributed by atoms with Crippen molar-refractivity contribution in [3.63, 3.8) is 0 Å². The Balaban J connectivity index is 1.62. The van der Waals surface area contributed by atoms with E-state index >= 15 is 0 Å². The van der Waals surface area contributed by atoms with E-state index in [4.69, 9.17) is 9.47 Å². The lowest BCUT2D eigenvalue weighted by Gasteiger charge is -2.39. The minimum atomic E-state index is -1.11. The lowest BCUT2D eigenvalue weighted by Crippen LogP contribution is -2.55. The number of piperidine rings is 1. The monoisotopic (exact) mass is 451 g/mol. The van der Waals surface area contributed by atoms with Crippen LogP contribution in [0.3, 0.4) is 0 Å². The molecule has 8 nitrogen and oxygen atoms in total. The third-order valence-corrected chi connectivity index (χ3v) is 5.99. The van der Waals surface area contributed by atoms with E-state index in [-0.39, 0.29) is 24.3 Å². The Labute approximate surface area is 193 Å². The van der Waals surface area contributed by atoms with Gasteiger partial charge in [-0.15, -0.1) is 0 Å². The van der Waals surface area contributed by atoms with Gasteiger partial charge >= 0.3 is 0 Å². The molecule has 2 aliphatic heterocycles. The van der Waals surface area contributed by atoms with Crippen LogP contribution >= 0.6 is 0 Å². The van der Waals surface area contributed by atoms with Crippen molar-refractivity contribution in [3.8, 4) is 11.5 Å². The first-order chi connectivity index (χ1) is 15.8. The molecule has 1 N–H and O–H groups in total. The fourth-order valence-corrected chi connectivity index (χ4v) is 4.19. The number of ether oxygens (including phenoxy) is 2. The van der Waals surface area contributed by atoms with Crippen molar-refractivity contribution in [1.29, 1.82) is 0 Å². The normalized spacial score (nSPS) is 17.1. The Morgan fingerprint density at radius 1 is 1.09 bits per heavy atom. The minimum Gasteiger partial charge on any atom is -0.495 e. The zero-order valence-electron chi connectivity index (χ0n) is 19.2. The van der Waals surface area contributed by atoms with Crippen molar-refractivity contribution in [2.75, 3.05) is 37.0 Å². The summed E-state index contributed by atoms with van der Waals surface area (Å²) in [7, 11) is 1.53. The molecule has 0 radical (unpaired) electrons. The highest BCUT2D eigenvalue weighted by molar-refractivity contribution is 6.09. The summed E-state index contributed by atoms with van der Waals surface area (Å²) in [5.74, 6) is 0.220. The lowest BCUT2D eigenvalue weighted by molar-refractivity contribution is -0.137. The zero-order chi connectivity index (χ0) is 23.6. The third kappa shape index (κ3) is 4.65. The quantitative estimate of drug-likeness (QED) is 0.752. The Hall–Kier alpha value is -3.55.